The van der Waals surface area contributed by atoms with Gasteiger partial charge in [-0.25, -0.2) is 0 Å². The van der Waals surface area contributed by atoms with Gasteiger partial charge in [-0.05, 0) is 0 Å². The van der Waals surface area contributed by atoms with Gasteiger partial charge in [-0.2, -0.15) is 0 Å². The second kappa shape index (κ2) is 3.77. The molecule has 0 aromatic carbocycles. The van der Waals surface area contributed by atoms with Crippen molar-refractivity contribution in [2.45, 2.75) is 21.2 Å². The SMILES string of the molecule is [CH3][Sn]([CH3])([CH3])[c]1nnc(C2=NOCC2)s1. The van der Waals surface area contributed by atoms with Gasteiger partial charge in [0.1, 0.15) is 0 Å². The van der Waals surface area contributed by atoms with Gasteiger partial charge in [0.05, 0.1) is 0 Å². The standard InChI is InChI=1S/C5H4N3OS.3CH3.Sn/c1-2-9-8-4(1)5-7-6-3-10-5;;;;/h1-2H2;3*1H3;. The molecule has 0 spiro atoms. The molecule has 0 saturated heterocycles. The Bertz CT molecular complexity index is 369. The third-order valence-electron chi connectivity index (χ3n) is 1.92. The fourth-order valence-electron chi connectivity index (χ4n) is 1.10. The summed E-state index contributed by atoms with van der Waals surface area (Å²) < 4.78 is 1.25. The fraction of sp³-hybridized carbons (Fsp3) is 0.625. The monoisotopic (exact) mass is 319 g/mol. The molecule has 4 nitrogen and oxygen atoms in total. The van der Waals surface area contributed by atoms with Gasteiger partial charge in [-0.15, -0.1) is 0 Å². The minimum atomic E-state index is -2.02. The molecular weight excluding hydrogens is 305 g/mol. The molecule has 2 heterocycles. The van der Waals surface area contributed by atoms with E-state index in [0.29, 0.717) is 6.61 Å². The molecule has 0 aliphatic carbocycles. The summed E-state index contributed by atoms with van der Waals surface area (Å²) in [5.74, 6) is 0. The Kier molecular flexibility index (Phi) is 2.78. The van der Waals surface area contributed by atoms with Gasteiger partial charge in [0.2, 0.25) is 0 Å². The van der Waals surface area contributed by atoms with Crippen LogP contribution >= 0.6 is 11.3 Å². The number of aromatic nitrogens is 2. The molecule has 1 aliphatic heterocycles. The number of nitrogens with zero attached hydrogens (tertiary/aromatic N) is 3. The van der Waals surface area contributed by atoms with Crippen molar-refractivity contribution in [1.82, 2.24) is 10.2 Å². The Hall–Kier alpha value is -0.171. The average Bonchev–Trinajstić information content (AvgIpc) is 2.73. The Morgan fingerprint density at radius 1 is 1.29 bits per heavy atom. The van der Waals surface area contributed by atoms with Crippen molar-refractivity contribution < 1.29 is 4.84 Å². The van der Waals surface area contributed by atoms with Crippen molar-refractivity contribution in [3.63, 3.8) is 0 Å². The van der Waals surface area contributed by atoms with E-state index < -0.39 is 18.4 Å². The van der Waals surface area contributed by atoms with Gasteiger partial charge in [-0.1, -0.05) is 0 Å². The van der Waals surface area contributed by atoms with Gasteiger partial charge < -0.3 is 0 Å². The summed E-state index contributed by atoms with van der Waals surface area (Å²) in [6, 6.07) is 0. The summed E-state index contributed by atoms with van der Waals surface area (Å²) >= 11 is -0.323. The Labute approximate surface area is 91.2 Å². The molecule has 0 saturated carbocycles. The van der Waals surface area contributed by atoms with Gasteiger partial charge in [0.15, 0.2) is 0 Å². The zero-order valence-corrected chi connectivity index (χ0v) is 12.2. The van der Waals surface area contributed by atoms with E-state index in [1.54, 1.807) is 11.3 Å². The van der Waals surface area contributed by atoms with E-state index in [0.717, 1.165) is 17.1 Å². The molecule has 0 bridgehead atoms. The van der Waals surface area contributed by atoms with Gasteiger partial charge in [0, 0.05) is 0 Å². The third-order valence-corrected chi connectivity index (χ3v) is 11.6. The Morgan fingerprint density at radius 2 is 2.07 bits per heavy atom. The van der Waals surface area contributed by atoms with Gasteiger partial charge in [0.25, 0.3) is 0 Å². The summed E-state index contributed by atoms with van der Waals surface area (Å²) in [5, 5.41) is 13.3. The summed E-state index contributed by atoms with van der Waals surface area (Å²) in [5.41, 5.74) is 0.962. The van der Waals surface area contributed by atoms with E-state index in [1.165, 1.54) is 3.02 Å². The van der Waals surface area contributed by atoms with Crippen LogP contribution in [0.1, 0.15) is 11.4 Å². The van der Waals surface area contributed by atoms with E-state index in [1.807, 2.05) is 0 Å². The van der Waals surface area contributed by atoms with E-state index in [9.17, 15) is 0 Å². The van der Waals surface area contributed by atoms with E-state index in [4.69, 9.17) is 4.84 Å². The number of oxime groups is 1. The molecular formula is C8H13N3OSSn. The molecule has 76 valence electrons. The zero-order chi connectivity index (χ0) is 10.2. The average molecular weight is 318 g/mol. The number of hydrogen-bond acceptors (Lipinski definition) is 5. The molecule has 14 heavy (non-hydrogen) atoms. The van der Waals surface area contributed by atoms with Crippen LogP contribution in [0, 0.1) is 0 Å². The maximum absolute atomic E-state index is 4.95. The summed E-state index contributed by atoms with van der Waals surface area (Å²) in [6.45, 7) is 0.684. The van der Waals surface area contributed by atoms with Crippen LogP contribution in [0.4, 0.5) is 0 Å². The predicted octanol–water partition coefficient (Wildman–Crippen LogP) is 1.21. The Balaban J connectivity index is 2.26. The molecule has 1 aromatic heterocycles. The molecule has 1 aliphatic rings. The normalized spacial score (nSPS) is 16.6. The minimum absolute atomic E-state index is 0.684. The first-order valence-corrected chi connectivity index (χ1v) is 15.4. The van der Waals surface area contributed by atoms with Crippen LogP contribution in [0.15, 0.2) is 5.16 Å². The van der Waals surface area contributed by atoms with Crippen LogP contribution in [-0.2, 0) is 4.84 Å². The first-order valence-electron chi connectivity index (χ1n) is 4.60. The molecule has 0 unspecified atom stereocenters. The van der Waals surface area contributed by atoms with Crippen molar-refractivity contribution in [2.24, 2.45) is 5.16 Å². The van der Waals surface area contributed by atoms with Crippen LogP contribution < -0.4 is 3.02 Å². The van der Waals surface area contributed by atoms with Crippen molar-refractivity contribution in [1.29, 1.82) is 0 Å². The second-order valence-electron chi connectivity index (χ2n) is 4.28. The fourth-order valence-corrected chi connectivity index (χ4v) is 6.46. The second-order valence-corrected chi connectivity index (χ2v) is 20.5. The molecule has 0 N–H and O–H groups in total. The first-order chi connectivity index (χ1) is 6.57. The molecule has 2 rings (SSSR count). The van der Waals surface area contributed by atoms with Crippen LogP contribution in [0.3, 0.4) is 0 Å². The molecule has 0 radical (unpaired) electrons. The maximum atomic E-state index is 4.95. The van der Waals surface area contributed by atoms with Gasteiger partial charge in [-0.3, -0.25) is 0 Å². The quantitative estimate of drug-likeness (QED) is 0.770. The zero-order valence-electron chi connectivity index (χ0n) is 8.57. The molecule has 0 fully saturated rings. The van der Waals surface area contributed by atoms with Crippen molar-refractivity contribution in [3.05, 3.63) is 5.01 Å². The topological polar surface area (TPSA) is 47.4 Å². The molecule has 0 atom stereocenters. The molecule has 0 amide bonds. The summed E-state index contributed by atoms with van der Waals surface area (Å²) in [4.78, 5) is 12.0. The van der Waals surface area contributed by atoms with Gasteiger partial charge >= 0.3 is 91.5 Å². The predicted molar refractivity (Wildman–Crippen MR) is 60.0 cm³/mol. The Morgan fingerprint density at radius 3 is 2.57 bits per heavy atom. The summed E-state index contributed by atoms with van der Waals surface area (Å²) in [7, 11) is 0. The van der Waals surface area contributed by atoms with Crippen molar-refractivity contribution >= 4 is 38.4 Å². The van der Waals surface area contributed by atoms with Crippen molar-refractivity contribution in [2.75, 3.05) is 6.61 Å². The van der Waals surface area contributed by atoms with Crippen LogP contribution in [0.2, 0.25) is 14.8 Å². The molecule has 6 heteroatoms. The number of hydrogen-bond donors (Lipinski definition) is 0. The molecule has 1 aromatic rings. The van der Waals surface area contributed by atoms with Crippen LogP contribution in [0.5, 0.6) is 0 Å². The van der Waals surface area contributed by atoms with E-state index in [-0.39, 0.29) is 0 Å². The van der Waals surface area contributed by atoms with Crippen LogP contribution in [-0.4, -0.2) is 40.9 Å². The van der Waals surface area contributed by atoms with E-state index >= 15 is 0 Å². The van der Waals surface area contributed by atoms with Crippen LogP contribution in [0.25, 0.3) is 0 Å². The first kappa shape index (κ1) is 10.4. The number of rotatable bonds is 2. The summed E-state index contributed by atoms with van der Waals surface area (Å²) in [6.07, 6.45) is 0.869. The third kappa shape index (κ3) is 2.08. The van der Waals surface area contributed by atoms with Crippen molar-refractivity contribution in [3.8, 4) is 0 Å². The van der Waals surface area contributed by atoms with E-state index in [2.05, 4.69) is 30.2 Å².